The Morgan fingerprint density at radius 1 is 1.43 bits per heavy atom. The van der Waals surface area contributed by atoms with Gasteiger partial charge in [-0.05, 0) is 38.4 Å². The van der Waals surface area contributed by atoms with Crippen molar-refractivity contribution in [3.63, 3.8) is 0 Å². The van der Waals surface area contributed by atoms with Crippen molar-refractivity contribution in [1.82, 2.24) is 9.38 Å². The lowest BCUT2D eigenvalue weighted by Gasteiger charge is -2.03. The van der Waals surface area contributed by atoms with E-state index in [0.717, 1.165) is 17.9 Å². The van der Waals surface area contributed by atoms with Crippen molar-refractivity contribution >= 4 is 5.52 Å². The highest BCUT2D eigenvalue weighted by atomic mass is 15.0. The van der Waals surface area contributed by atoms with Crippen molar-refractivity contribution < 1.29 is 0 Å². The average molecular weight is 189 g/mol. The molecule has 0 amide bonds. The van der Waals surface area contributed by atoms with E-state index in [0.29, 0.717) is 6.54 Å². The first kappa shape index (κ1) is 9.21. The van der Waals surface area contributed by atoms with Gasteiger partial charge in [0.15, 0.2) is 0 Å². The maximum atomic E-state index is 5.58. The van der Waals surface area contributed by atoms with E-state index in [4.69, 9.17) is 5.73 Å². The van der Waals surface area contributed by atoms with Gasteiger partial charge in [0.25, 0.3) is 0 Å². The molecule has 2 aromatic rings. The fourth-order valence-corrected chi connectivity index (χ4v) is 1.94. The molecule has 0 aliphatic heterocycles. The van der Waals surface area contributed by atoms with Crippen LogP contribution in [0.1, 0.15) is 17.1 Å². The molecule has 14 heavy (non-hydrogen) atoms. The summed E-state index contributed by atoms with van der Waals surface area (Å²) in [5, 5.41) is 0. The van der Waals surface area contributed by atoms with E-state index in [1.54, 1.807) is 0 Å². The van der Waals surface area contributed by atoms with Gasteiger partial charge >= 0.3 is 0 Å². The van der Waals surface area contributed by atoms with Gasteiger partial charge in [0, 0.05) is 6.20 Å². The number of hydrogen-bond donors (Lipinski definition) is 1. The standard InChI is InChI=1S/C11H15N3/c1-8-11-10(5-6-12)4-3-7-14(11)9(2)13-8/h3-4,7H,5-6,12H2,1-2H3. The number of imidazole rings is 1. The van der Waals surface area contributed by atoms with Crippen molar-refractivity contribution in [3.8, 4) is 0 Å². The van der Waals surface area contributed by atoms with Crippen molar-refractivity contribution in [2.75, 3.05) is 6.54 Å². The van der Waals surface area contributed by atoms with Gasteiger partial charge in [0.05, 0.1) is 11.2 Å². The SMILES string of the molecule is Cc1nc(C)n2cccc(CCN)c12. The Hall–Kier alpha value is -1.35. The van der Waals surface area contributed by atoms with Crippen molar-refractivity contribution in [3.05, 3.63) is 35.4 Å². The number of fused-ring (bicyclic) bond motifs is 1. The van der Waals surface area contributed by atoms with E-state index >= 15 is 0 Å². The fraction of sp³-hybridized carbons (Fsp3) is 0.364. The Bertz CT molecular complexity index is 457. The highest BCUT2D eigenvalue weighted by molar-refractivity contribution is 5.59. The summed E-state index contributed by atoms with van der Waals surface area (Å²) in [5.41, 5.74) is 9.17. The number of nitrogens with two attached hydrogens (primary N) is 1. The third-order valence-electron chi connectivity index (χ3n) is 2.51. The molecule has 0 saturated carbocycles. The van der Waals surface area contributed by atoms with Crippen LogP contribution in [-0.2, 0) is 6.42 Å². The molecule has 0 unspecified atom stereocenters. The van der Waals surface area contributed by atoms with Crippen LogP contribution in [0.25, 0.3) is 5.52 Å². The number of aryl methyl sites for hydroxylation is 2. The normalized spacial score (nSPS) is 11.1. The first-order valence-corrected chi connectivity index (χ1v) is 4.87. The minimum atomic E-state index is 0.684. The first-order chi connectivity index (χ1) is 6.74. The molecule has 0 fully saturated rings. The molecule has 0 bridgehead atoms. The van der Waals surface area contributed by atoms with Crippen LogP contribution in [-0.4, -0.2) is 15.9 Å². The van der Waals surface area contributed by atoms with Gasteiger partial charge in [-0.3, -0.25) is 0 Å². The fourth-order valence-electron chi connectivity index (χ4n) is 1.94. The average Bonchev–Trinajstić information content (AvgIpc) is 2.44. The molecule has 0 saturated heterocycles. The number of pyridine rings is 1. The summed E-state index contributed by atoms with van der Waals surface area (Å²) in [6.07, 6.45) is 2.96. The molecule has 0 aliphatic carbocycles. The highest BCUT2D eigenvalue weighted by Gasteiger charge is 2.07. The van der Waals surface area contributed by atoms with Gasteiger partial charge in [-0.2, -0.15) is 0 Å². The second kappa shape index (κ2) is 3.42. The molecule has 2 aromatic heterocycles. The van der Waals surface area contributed by atoms with Gasteiger partial charge in [-0.25, -0.2) is 4.98 Å². The van der Waals surface area contributed by atoms with E-state index in [9.17, 15) is 0 Å². The lowest BCUT2D eigenvalue weighted by atomic mass is 10.1. The molecule has 74 valence electrons. The van der Waals surface area contributed by atoms with Crippen LogP contribution in [0.3, 0.4) is 0 Å². The molecule has 0 atom stereocenters. The molecular formula is C11H15N3. The molecule has 2 heterocycles. The maximum Gasteiger partial charge on any atom is 0.110 e. The minimum Gasteiger partial charge on any atom is -0.330 e. The zero-order chi connectivity index (χ0) is 10.1. The predicted molar refractivity (Wildman–Crippen MR) is 57.4 cm³/mol. The molecule has 0 spiro atoms. The highest BCUT2D eigenvalue weighted by Crippen LogP contribution is 2.17. The van der Waals surface area contributed by atoms with E-state index < -0.39 is 0 Å². The summed E-state index contributed by atoms with van der Waals surface area (Å²) in [6.45, 7) is 4.75. The van der Waals surface area contributed by atoms with E-state index in [1.165, 1.54) is 11.1 Å². The maximum absolute atomic E-state index is 5.58. The Balaban J connectivity index is 2.72. The molecule has 0 aromatic carbocycles. The zero-order valence-electron chi connectivity index (χ0n) is 8.62. The van der Waals surface area contributed by atoms with Gasteiger partial charge < -0.3 is 10.1 Å². The van der Waals surface area contributed by atoms with Gasteiger partial charge in [0.2, 0.25) is 0 Å². The van der Waals surface area contributed by atoms with Crippen LogP contribution in [0.5, 0.6) is 0 Å². The third kappa shape index (κ3) is 1.30. The lowest BCUT2D eigenvalue weighted by molar-refractivity contribution is 0.958. The summed E-state index contributed by atoms with van der Waals surface area (Å²) < 4.78 is 2.13. The summed E-state index contributed by atoms with van der Waals surface area (Å²) in [4.78, 5) is 4.46. The predicted octanol–water partition coefficient (Wildman–Crippen LogP) is 1.45. The minimum absolute atomic E-state index is 0.684. The second-order valence-electron chi connectivity index (χ2n) is 3.54. The van der Waals surface area contributed by atoms with Crippen molar-refractivity contribution in [2.45, 2.75) is 20.3 Å². The summed E-state index contributed by atoms with van der Waals surface area (Å²) in [7, 11) is 0. The molecule has 0 aliphatic rings. The van der Waals surface area contributed by atoms with Crippen LogP contribution < -0.4 is 5.73 Å². The third-order valence-corrected chi connectivity index (χ3v) is 2.51. The Morgan fingerprint density at radius 3 is 2.93 bits per heavy atom. The quantitative estimate of drug-likeness (QED) is 0.777. The molecule has 3 nitrogen and oxygen atoms in total. The van der Waals surface area contributed by atoms with Gasteiger partial charge in [0.1, 0.15) is 5.82 Å². The summed E-state index contributed by atoms with van der Waals surface area (Å²) in [5.74, 6) is 1.04. The Kier molecular flexibility index (Phi) is 2.25. The van der Waals surface area contributed by atoms with Crippen LogP contribution in [0.2, 0.25) is 0 Å². The van der Waals surface area contributed by atoms with E-state index in [-0.39, 0.29) is 0 Å². The van der Waals surface area contributed by atoms with Gasteiger partial charge in [-0.15, -0.1) is 0 Å². The largest absolute Gasteiger partial charge is 0.330 e. The topological polar surface area (TPSA) is 43.3 Å². The lowest BCUT2D eigenvalue weighted by Crippen LogP contribution is -2.04. The van der Waals surface area contributed by atoms with Gasteiger partial charge in [-0.1, -0.05) is 6.07 Å². The van der Waals surface area contributed by atoms with Crippen molar-refractivity contribution in [1.29, 1.82) is 0 Å². The zero-order valence-corrected chi connectivity index (χ0v) is 8.62. The van der Waals surface area contributed by atoms with E-state index in [1.807, 2.05) is 26.1 Å². The molecule has 2 N–H and O–H groups in total. The summed E-state index contributed by atoms with van der Waals surface area (Å²) >= 11 is 0. The van der Waals surface area contributed by atoms with Crippen LogP contribution in [0, 0.1) is 13.8 Å². The molecular weight excluding hydrogens is 174 g/mol. The molecule has 2 rings (SSSR count). The second-order valence-corrected chi connectivity index (χ2v) is 3.54. The van der Waals surface area contributed by atoms with Crippen LogP contribution >= 0.6 is 0 Å². The molecule has 0 radical (unpaired) electrons. The van der Waals surface area contributed by atoms with E-state index in [2.05, 4.69) is 15.5 Å². The number of hydrogen-bond acceptors (Lipinski definition) is 2. The number of nitrogens with zero attached hydrogens (tertiary/aromatic N) is 2. The van der Waals surface area contributed by atoms with Crippen molar-refractivity contribution in [2.24, 2.45) is 5.73 Å². The number of aromatic nitrogens is 2. The monoisotopic (exact) mass is 189 g/mol. The number of rotatable bonds is 2. The molecule has 3 heteroatoms. The van der Waals surface area contributed by atoms with Crippen LogP contribution in [0.4, 0.5) is 0 Å². The Morgan fingerprint density at radius 2 is 2.21 bits per heavy atom. The smallest absolute Gasteiger partial charge is 0.110 e. The summed E-state index contributed by atoms with van der Waals surface area (Å²) in [6, 6.07) is 4.17. The first-order valence-electron chi connectivity index (χ1n) is 4.87. The van der Waals surface area contributed by atoms with Crippen LogP contribution in [0.15, 0.2) is 18.3 Å². The Labute approximate surface area is 83.6 Å².